The second-order valence-electron chi connectivity index (χ2n) is 8.69. The monoisotopic (exact) mass is 464 g/mol. The van der Waals surface area contributed by atoms with E-state index in [4.69, 9.17) is 9.40 Å². The molecule has 0 radical (unpaired) electrons. The molecule has 33 heavy (non-hydrogen) atoms. The van der Waals surface area contributed by atoms with E-state index < -0.39 is 0 Å². The van der Waals surface area contributed by atoms with Crippen LogP contribution >= 0.6 is 11.3 Å². The quantitative estimate of drug-likeness (QED) is 0.577. The standard InChI is InChI=1S/C25H28N4O3S/c30-24(20-6-9-28(10-7-20)25(31)21-8-15-32-17-21)29-13-11-27(12-14-29)16-22-18-33-23(26-22)19-4-2-1-3-5-19/h1-5,8,15,17-18,20H,6-7,9-14,16H2. The van der Waals surface area contributed by atoms with E-state index in [2.05, 4.69) is 22.4 Å². The molecule has 1 aromatic carbocycles. The molecule has 0 saturated carbocycles. The molecule has 2 aliphatic rings. The summed E-state index contributed by atoms with van der Waals surface area (Å²) in [4.78, 5) is 36.5. The number of aromatic nitrogens is 1. The Morgan fingerprint density at radius 3 is 2.42 bits per heavy atom. The predicted octanol–water partition coefficient (Wildman–Crippen LogP) is 3.60. The van der Waals surface area contributed by atoms with Crippen molar-refractivity contribution < 1.29 is 14.0 Å². The Bertz CT molecular complexity index is 1070. The first-order valence-electron chi connectivity index (χ1n) is 11.5. The lowest BCUT2D eigenvalue weighted by Gasteiger charge is -2.38. The van der Waals surface area contributed by atoms with E-state index in [0.717, 1.165) is 61.8 Å². The van der Waals surface area contributed by atoms with Crippen molar-refractivity contribution >= 4 is 23.2 Å². The summed E-state index contributed by atoms with van der Waals surface area (Å²) >= 11 is 1.68. The SMILES string of the molecule is O=C(c1ccoc1)N1CCC(C(=O)N2CCN(Cc3csc(-c4ccccc4)n3)CC2)CC1. The third-order valence-electron chi connectivity index (χ3n) is 6.54. The van der Waals surface area contributed by atoms with Crippen LogP contribution in [-0.2, 0) is 11.3 Å². The van der Waals surface area contributed by atoms with Crippen molar-refractivity contribution in [3.8, 4) is 10.6 Å². The zero-order valence-electron chi connectivity index (χ0n) is 18.6. The molecule has 5 rings (SSSR count). The zero-order chi connectivity index (χ0) is 22.6. The molecule has 4 heterocycles. The molecule has 8 heteroatoms. The van der Waals surface area contributed by atoms with Crippen molar-refractivity contribution in [1.29, 1.82) is 0 Å². The molecule has 2 fully saturated rings. The van der Waals surface area contributed by atoms with Crippen LogP contribution in [-0.4, -0.2) is 70.8 Å². The summed E-state index contributed by atoms with van der Waals surface area (Å²) in [6, 6.07) is 12.0. The van der Waals surface area contributed by atoms with Crippen LogP contribution in [0, 0.1) is 5.92 Å². The van der Waals surface area contributed by atoms with Gasteiger partial charge in [-0.05, 0) is 18.9 Å². The van der Waals surface area contributed by atoms with E-state index in [0.29, 0.717) is 18.7 Å². The third kappa shape index (κ3) is 5.02. The number of amides is 2. The summed E-state index contributed by atoms with van der Waals surface area (Å²) < 4.78 is 5.02. The largest absolute Gasteiger partial charge is 0.472 e. The fraction of sp³-hybridized carbons (Fsp3) is 0.400. The van der Waals surface area contributed by atoms with Gasteiger partial charge in [-0.2, -0.15) is 0 Å². The average Bonchev–Trinajstić information content (AvgIpc) is 3.57. The number of piperazine rings is 1. The maximum atomic E-state index is 13.1. The number of furan rings is 1. The fourth-order valence-corrected chi connectivity index (χ4v) is 5.42. The maximum absolute atomic E-state index is 13.1. The summed E-state index contributed by atoms with van der Waals surface area (Å²) in [6.07, 6.45) is 4.44. The van der Waals surface area contributed by atoms with E-state index in [1.165, 1.54) is 12.5 Å². The Balaban J connectivity index is 1.08. The third-order valence-corrected chi connectivity index (χ3v) is 7.48. The number of nitrogens with zero attached hydrogens (tertiary/aromatic N) is 4. The van der Waals surface area contributed by atoms with Crippen molar-refractivity contribution in [3.63, 3.8) is 0 Å². The summed E-state index contributed by atoms with van der Waals surface area (Å²) in [7, 11) is 0. The minimum atomic E-state index is -0.0132. The summed E-state index contributed by atoms with van der Waals surface area (Å²) in [5, 5.41) is 3.19. The van der Waals surface area contributed by atoms with Crippen LogP contribution in [0.1, 0.15) is 28.9 Å². The normalized spacial score (nSPS) is 17.9. The van der Waals surface area contributed by atoms with Gasteiger partial charge < -0.3 is 14.2 Å². The molecule has 7 nitrogen and oxygen atoms in total. The number of hydrogen-bond donors (Lipinski definition) is 0. The van der Waals surface area contributed by atoms with Crippen LogP contribution in [0.5, 0.6) is 0 Å². The number of likely N-dealkylation sites (tertiary alicyclic amines) is 1. The highest BCUT2D eigenvalue weighted by molar-refractivity contribution is 7.13. The molecule has 0 aliphatic carbocycles. The highest BCUT2D eigenvalue weighted by atomic mass is 32.1. The van der Waals surface area contributed by atoms with Gasteiger partial charge in [0.15, 0.2) is 0 Å². The number of piperidine rings is 1. The number of carbonyl (C=O) groups is 2. The van der Waals surface area contributed by atoms with E-state index in [9.17, 15) is 9.59 Å². The van der Waals surface area contributed by atoms with Gasteiger partial charge in [-0.15, -0.1) is 11.3 Å². The van der Waals surface area contributed by atoms with Gasteiger partial charge in [0.1, 0.15) is 11.3 Å². The van der Waals surface area contributed by atoms with Crippen LogP contribution in [0.4, 0.5) is 0 Å². The van der Waals surface area contributed by atoms with Crippen molar-refractivity contribution in [1.82, 2.24) is 19.7 Å². The van der Waals surface area contributed by atoms with Gasteiger partial charge in [-0.25, -0.2) is 4.98 Å². The van der Waals surface area contributed by atoms with Crippen molar-refractivity contribution in [2.75, 3.05) is 39.3 Å². The summed E-state index contributed by atoms with van der Waals surface area (Å²) in [6.45, 7) is 5.29. The molecule has 2 amide bonds. The molecule has 0 bridgehead atoms. The molecular weight excluding hydrogens is 436 g/mol. The van der Waals surface area contributed by atoms with Crippen LogP contribution in [0.2, 0.25) is 0 Å². The van der Waals surface area contributed by atoms with Crippen molar-refractivity contribution in [2.24, 2.45) is 5.92 Å². The van der Waals surface area contributed by atoms with Gasteiger partial charge in [0.05, 0.1) is 17.5 Å². The van der Waals surface area contributed by atoms with Gasteiger partial charge >= 0.3 is 0 Å². The smallest absolute Gasteiger partial charge is 0.257 e. The molecule has 3 aromatic rings. The second-order valence-corrected chi connectivity index (χ2v) is 9.55. The zero-order valence-corrected chi connectivity index (χ0v) is 19.4. The number of carbonyl (C=O) groups excluding carboxylic acids is 2. The lowest BCUT2D eigenvalue weighted by molar-refractivity contribution is -0.138. The molecule has 2 aromatic heterocycles. The average molecular weight is 465 g/mol. The highest BCUT2D eigenvalue weighted by Crippen LogP contribution is 2.25. The molecule has 0 unspecified atom stereocenters. The molecule has 0 atom stereocenters. The Morgan fingerprint density at radius 2 is 1.73 bits per heavy atom. The first-order valence-corrected chi connectivity index (χ1v) is 12.4. The lowest BCUT2D eigenvalue weighted by atomic mass is 9.94. The van der Waals surface area contributed by atoms with Gasteiger partial charge in [0, 0.05) is 62.7 Å². The van der Waals surface area contributed by atoms with Crippen LogP contribution in [0.25, 0.3) is 10.6 Å². The number of rotatable bonds is 5. The Hall–Kier alpha value is -2.97. The maximum Gasteiger partial charge on any atom is 0.257 e. The first-order chi connectivity index (χ1) is 16.2. The topological polar surface area (TPSA) is 69.9 Å². The lowest BCUT2D eigenvalue weighted by Crippen LogP contribution is -2.51. The first kappa shape index (κ1) is 21.9. The van der Waals surface area contributed by atoms with Crippen molar-refractivity contribution in [2.45, 2.75) is 19.4 Å². The summed E-state index contributed by atoms with van der Waals surface area (Å²) in [5.74, 6) is 0.239. The molecule has 2 saturated heterocycles. The van der Waals surface area contributed by atoms with Gasteiger partial charge in [-0.1, -0.05) is 30.3 Å². The van der Waals surface area contributed by atoms with E-state index in [1.54, 1.807) is 17.4 Å². The highest BCUT2D eigenvalue weighted by Gasteiger charge is 2.32. The number of hydrogen-bond acceptors (Lipinski definition) is 6. The Morgan fingerprint density at radius 1 is 0.970 bits per heavy atom. The minimum Gasteiger partial charge on any atom is -0.472 e. The van der Waals surface area contributed by atoms with Crippen LogP contribution in [0.15, 0.2) is 58.7 Å². The minimum absolute atomic E-state index is 0.0110. The molecule has 0 spiro atoms. The van der Waals surface area contributed by atoms with Gasteiger partial charge in [0.25, 0.3) is 5.91 Å². The molecular formula is C25H28N4O3S. The predicted molar refractivity (Wildman–Crippen MR) is 127 cm³/mol. The van der Waals surface area contributed by atoms with Gasteiger partial charge in [-0.3, -0.25) is 14.5 Å². The Kier molecular flexibility index (Phi) is 6.55. The van der Waals surface area contributed by atoms with Crippen LogP contribution < -0.4 is 0 Å². The Labute approximate surface area is 197 Å². The van der Waals surface area contributed by atoms with E-state index in [-0.39, 0.29) is 17.7 Å². The van der Waals surface area contributed by atoms with E-state index in [1.807, 2.05) is 28.0 Å². The second kappa shape index (κ2) is 9.89. The van der Waals surface area contributed by atoms with Crippen molar-refractivity contribution in [3.05, 3.63) is 65.6 Å². The van der Waals surface area contributed by atoms with Crippen LogP contribution in [0.3, 0.4) is 0 Å². The fourth-order valence-electron chi connectivity index (χ4n) is 4.60. The summed E-state index contributed by atoms with van der Waals surface area (Å²) in [5.41, 5.74) is 2.82. The van der Waals surface area contributed by atoms with E-state index >= 15 is 0 Å². The molecule has 0 N–H and O–H groups in total. The molecule has 172 valence electrons. The number of benzene rings is 1. The number of thiazole rings is 1. The van der Waals surface area contributed by atoms with Gasteiger partial charge in [0.2, 0.25) is 5.91 Å². The molecule has 2 aliphatic heterocycles.